The van der Waals surface area contributed by atoms with Gasteiger partial charge in [0.25, 0.3) is 5.90 Å². The van der Waals surface area contributed by atoms with E-state index in [0.717, 1.165) is 6.42 Å². The van der Waals surface area contributed by atoms with E-state index in [2.05, 4.69) is 10.5 Å². The van der Waals surface area contributed by atoms with Crippen molar-refractivity contribution in [1.29, 1.82) is 0 Å². The monoisotopic (exact) mass is 270 g/mol. The molecule has 0 atom stereocenters. The molecule has 0 bridgehead atoms. The number of ether oxygens (including phenoxy) is 1. The van der Waals surface area contributed by atoms with Gasteiger partial charge in [0.2, 0.25) is 0 Å². The first-order valence-corrected chi connectivity index (χ1v) is 6.08. The van der Waals surface area contributed by atoms with Crippen LogP contribution >= 0.6 is 11.6 Å². The third-order valence-electron chi connectivity index (χ3n) is 1.81. The molecule has 6 heteroatoms. The zero-order chi connectivity index (χ0) is 13.2. The molecule has 1 N–H and O–H groups in total. The quantitative estimate of drug-likeness (QED) is 0.294. The predicted molar refractivity (Wildman–Crippen MR) is 70.9 cm³/mol. The zero-order valence-corrected chi connectivity index (χ0v) is 10.8. The molecule has 0 aromatic heterocycles. The lowest BCUT2D eigenvalue weighted by atomic mass is 10.3. The number of amides is 1. The fraction of sp³-hybridized carbons (Fsp3) is 0.333. The Morgan fingerprint density at radius 3 is 2.72 bits per heavy atom. The number of rotatable bonds is 5. The molecule has 18 heavy (non-hydrogen) atoms. The number of para-hydroxylation sites is 1. The van der Waals surface area contributed by atoms with Crippen molar-refractivity contribution in [2.45, 2.75) is 13.3 Å². The van der Waals surface area contributed by atoms with Gasteiger partial charge in [0.05, 0.1) is 0 Å². The number of nitrogens with zero attached hydrogens (tertiary/aromatic N) is 1. The maximum absolute atomic E-state index is 11.5. The van der Waals surface area contributed by atoms with E-state index < -0.39 is 6.09 Å². The van der Waals surface area contributed by atoms with Crippen molar-refractivity contribution in [3.05, 3.63) is 30.3 Å². The SMILES string of the molecule is CCCON=C(CCl)OC(=O)Nc1ccccc1. The third kappa shape index (κ3) is 5.54. The van der Waals surface area contributed by atoms with E-state index in [1.54, 1.807) is 24.3 Å². The lowest BCUT2D eigenvalue weighted by Gasteiger charge is -2.06. The molecule has 0 unspecified atom stereocenters. The molecule has 1 amide bonds. The summed E-state index contributed by atoms with van der Waals surface area (Å²) < 4.78 is 4.89. The van der Waals surface area contributed by atoms with Gasteiger partial charge in [-0.2, -0.15) is 0 Å². The van der Waals surface area contributed by atoms with E-state index in [9.17, 15) is 4.79 Å². The second-order valence-electron chi connectivity index (χ2n) is 3.33. The Morgan fingerprint density at radius 2 is 2.11 bits per heavy atom. The molecule has 1 rings (SSSR count). The largest absolute Gasteiger partial charge is 0.418 e. The summed E-state index contributed by atoms with van der Waals surface area (Å²) in [7, 11) is 0. The first-order valence-electron chi connectivity index (χ1n) is 5.55. The molecule has 1 aromatic rings. The first-order chi connectivity index (χ1) is 8.76. The molecule has 0 fully saturated rings. The molecule has 0 heterocycles. The summed E-state index contributed by atoms with van der Waals surface area (Å²) in [6.45, 7) is 2.39. The number of halogens is 1. The van der Waals surface area contributed by atoms with Gasteiger partial charge in [0.1, 0.15) is 12.5 Å². The maximum Gasteiger partial charge on any atom is 0.418 e. The van der Waals surface area contributed by atoms with Crippen LogP contribution < -0.4 is 5.32 Å². The van der Waals surface area contributed by atoms with Gasteiger partial charge >= 0.3 is 6.09 Å². The second kappa shape index (κ2) is 8.36. The molecule has 0 aliphatic heterocycles. The summed E-state index contributed by atoms with van der Waals surface area (Å²) in [6.07, 6.45) is 0.163. The number of benzene rings is 1. The number of carbonyl (C=O) groups is 1. The summed E-state index contributed by atoms with van der Waals surface area (Å²) in [5.74, 6) is -0.00936. The van der Waals surface area contributed by atoms with Crippen molar-refractivity contribution in [3.8, 4) is 0 Å². The molecule has 0 saturated heterocycles. The Morgan fingerprint density at radius 1 is 1.39 bits per heavy atom. The van der Waals surface area contributed by atoms with Crippen molar-refractivity contribution in [1.82, 2.24) is 0 Å². The molecule has 98 valence electrons. The number of hydrogen-bond donors (Lipinski definition) is 1. The molecule has 0 aliphatic carbocycles. The van der Waals surface area contributed by atoms with Crippen molar-refractivity contribution in [3.63, 3.8) is 0 Å². The van der Waals surface area contributed by atoms with Gasteiger partial charge in [-0.3, -0.25) is 5.32 Å². The summed E-state index contributed by atoms with van der Waals surface area (Å²) in [6, 6.07) is 8.94. The van der Waals surface area contributed by atoms with E-state index >= 15 is 0 Å². The number of anilines is 1. The molecule has 0 radical (unpaired) electrons. The van der Waals surface area contributed by atoms with Gasteiger partial charge in [0, 0.05) is 5.69 Å². The van der Waals surface area contributed by atoms with E-state index in [0.29, 0.717) is 12.3 Å². The normalized spacial score (nSPS) is 10.9. The Balaban J connectivity index is 2.45. The fourth-order valence-corrected chi connectivity index (χ4v) is 1.15. The average molecular weight is 271 g/mol. The highest BCUT2D eigenvalue weighted by molar-refractivity contribution is 6.28. The van der Waals surface area contributed by atoms with Crippen LogP contribution in [0.5, 0.6) is 0 Å². The van der Waals surface area contributed by atoms with Crippen LogP contribution in [0.15, 0.2) is 35.5 Å². The van der Waals surface area contributed by atoms with Crippen LogP contribution in [0.4, 0.5) is 10.5 Å². The standard InChI is InChI=1S/C12H15ClN2O3/c1-2-8-17-15-11(9-13)18-12(16)14-10-6-4-3-5-7-10/h3-7H,2,8-9H2,1H3,(H,14,16). The van der Waals surface area contributed by atoms with Gasteiger partial charge in [-0.1, -0.05) is 30.3 Å². The van der Waals surface area contributed by atoms with Crippen LogP contribution in [-0.4, -0.2) is 24.5 Å². The molecule has 0 spiro atoms. The molecule has 0 saturated carbocycles. The predicted octanol–water partition coefficient (Wildman–Crippen LogP) is 3.21. The molecule has 0 aliphatic rings. The smallest absolute Gasteiger partial charge is 0.393 e. The fourth-order valence-electron chi connectivity index (χ4n) is 1.05. The number of oxime groups is 1. The molecular weight excluding hydrogens is 256 g/mol. The van der Waals surface area contributed by atoms with E-state index in [4.69, 9.17) is 21.2 Å². The minimum Gasteiger partial charge on any atom is -0.393 e. The van der Waals surface area contributed by atoms with Crippen molar-refractivity contribution in [2.24, 2.45) is 5.16 Å². The minimum atomic E-state index is -0.652. The lowest BCUT2D eigenvalue weighted by molar-refractivity contribution is 0.135. The summed E-state index contributed by atoms with van der Waals surface area (Å²) in [4.78, 5) is 16.4. The highest BCUT2D eigenvalue weighted by atomic mass is 35.5. The summed E-state index contributed by atoms with van der Waals surface area (Å²) >= 11 is 5.58. The van der Waals surface area contributed by atoms with E-state index in [1.165, 1.54) is 0 Å². The molecular formula is C12H15ClN2O3. The Hall–Kier alpha value is -1.75. The van der Waals surface area contributed by atoms with Crippen LogP contribution in [-0.2, 0) is 9.57 Å². The number of alkyl halides is 1. The van der Waals surface area contributed by atoms with Crippen molar-refractivity contribution >= 4 is 29.3 Å². The minimum absolute atomic E-state index is 0.0264. The highest BCUT2D eigenvalue weighted by Crippen LogP contribution is 2.05. The number of nitrogens with one attached hydrogen (secondary N) is 1. The topological polar surface area (TPSA) is 59.9 Å². The van der Waals surface area contributed by atoms with E-state index in [1.807, 2.05) is 13.0 Å². The van der Waals surface area contributed by atoms with Crippen LogP contribution in [0.2, 0.25) is 0 Å². The third-order valence-corrected chi connectivity index (χ3v) is 2.04. The second-order valence-corrected chi connectivity index (χ2v) is 3.60. The van der Waals surface area contributed by atoms with Gasteiger partial charge in [-0.05, 0) is 18.6 Å². The van der Waals surface area contributed by atoms with Gasteiger partial charge in [-0.15, -0.1) is 11.6 Å². The zero-order valence-electron chi connectivity index (χ0n) is 10.1. The molecule has 1 aromatic carbocycles. The van der Waals surface area contributed by atoms with Gasteiger partial charge in [-0.25, -0.2) is 4.79 Å². The summed E-state index contributed by atoms with van der Waals surface area (Å²) in [5.41, 5.74) is 0.630. The van der Waals surface area contributed by atoms with Gasteiger partial charge < -0.3 is 9.57 Å². The highest BCUT2D eigenvalue weighted by Gasteiger charge is 2.08. The Bertz CT molecular complexity index is 396. The van der Waals surface area contributed by atoms with Crippen molar-refractivity contribution in [2.75, 3.05) is 17.8 Å². The van der Waals surface area contributed by atoms with Crippen LogP contribution in [0.25, 0.3) is 0 Å². The maximum atomic E-state index is 11.5. The number of carbonyl (C=O) groups excluding carboxylic acids is 1. The molecule has 5 nitrogen and oxygen atoms in total. The first kappa shape index (κ1) is 14.3. The van der Waals surface area contributed by atoms with E-state index in [-0.39, 0.29) is 11.8 Å². The van der Waals surface area contributed by atoms with Crippen LogP contribution in [0.3, 0.4) is 0 Å². The number of hydrogen-bond acceptors (Lipinski definition) is 4. The Kier molecular flexibility index (Phi) is 6.64. The van der Waals surface area contributed by atoms with Crippen molar-refractivity contribution < 1.29 is 14.4 Å². The lowest BCUT2D eigenvalue weighted by Crippen LogP contribution is -2.19. The Labute approximate surface area is 111 Å². The summed E-state index contributed by atoms with van der Waals surface area (Å²) in [5, 5.41) is 6.16. The van der Waals surface area contributed by atoms with Crippen LogP contribution in [0, 0.1) is 0 Å². The average Bonchev–Trinajstić information content (AvgIpc) is 2.39. The van der Waals surface area contributed by atoms with Crippen LogP contribution in [0.1, 0.15) is 13.3 Å². The van der Waals surface area contributed by atoms with Gasteiger partial charge in [0.15, 0.2) is 0 Å².